The van der Waals surface area contributed by atoms with E-state index in [0.717, 1.165) is 18.0 Å². The Bertz CT molecular complexity index is 446. The van der Waals surface area contributed by atoms with Crippen molar-refractivity contribution in [1.29, 1.82) is 0 Å². The van der Waals surface area contributed by atoms with E-state index in [4.69, 9.17) is 9.47 Å². The van der Waals surface area contributed by atoms with E-state index in [-0.39, 0.29) is 0 Å². The summed E-state index contributed by atoms with van der Waals surface area (Å²) < 4.78 is 11.1. The summed E-state index contributed by atoms with van der Waals surface area (Å²) in [6, 6.07) is 6.72. The zero-order valence-electron chi connectivity index (χ0n) is 12.0. The van der Waals surface area contributed by atoms with Crippen molar-refractivity contribution in [1.82, 2.24) is 5.32 Å². The monoisotopic (exact) mass is 261 g/mol. The Hall–Kier alpha value is -1.48. The second-order valence-corrected chi connectivity index (χ2v) is 5.22. The molecule has 0 atom stereocenters. The SMILES string of the molecule is COc1ccc(CNC2CC2)c(OCC=C(C)C)c1. The summed E-state index contributed by atoms with van der Waals surface area (Å²) in [4.78, 5) is 0. The van der Waals surface area contributed by atoms with Crippen LogP contribution >= 0.6 is 0 Å². The summed E-state index contributed by atoms with van der Waals surface area (Å²) in [5.41, 5.74) is 2.45. The lowest BCUT2D eigenvalue weighted by atomic mass is 10.2. The third kappa shape index (κ3) is 4.60. The molecule has 0 saturated heterocycles. The molecule has 3 nitrogen and oxygen atoms in total. The number of rotatable bonds is 7. The van der Waals surface area contributed by atoms with E-state index in [2.05, 4.69) is 31.3 Å². The highest BCUT2D eigenvalue weighted by atomic mass is 16.5. The smallest absolute Gasteiger partial charge is 0.127 e. The molecule has 3 heteroatoms. The molecule has 2 rings (SSSR count). The molecule has 1 aromatic rings. The van der Waals surface area contributed by atoms with Crippen molar-refractivity contribution in [2.45, 2.75) is 39.3 Å². The van der Waals surface area contributed by atoms with E-state index in [1.54, 1.807) is 7.11 Å². The van der Waals surface area contributed by atoms with E-state index in [9.17, 15) is 0 Å². The van der Waals surface area contributed by atoms with Gasteiger partial charge in [-0.2, -0.15) is 0 Å². The predicted octanol–water partition coefficient (Wildman–Crippen LogP) is 3.29. The highest BCUT2D eigenvalue weighted by molar-refractivity contribution is 5.41. The Morgan fingerprint density at radius 2 is 2.16 bits per heavy atom. The molecule has 0 amide bonds. The number of benzene rings is 1. The van der Waals surface area contributed by atoms with Crippen molar-refractivity contribution >= 4 is 0 Å². The van der Waals surface area contributed by atoms with Crippen LogP contribution in [0.5, 0.6) is 11.5 Å². The highest BCUT2D eigenvalue weighted by Gasteiger charge is 2.20. The van der Waals surface area contributed by atoms with Crippen molar-refractivity contribution in [2.75, 3.05) is 13.7 Å². The predicted molar refractivity (Wildman–Crippen MR) is 77.8 cm³/mol. The minimum atomic E-state index is 0.603. The van der Waals surface area contributed by atoms with Crippen LogP contribution in [0.15, 0.2) is 29.8 Å². The van der Waals surface area contributed by atoms with Gasteiger partial charge in [0, 0.05) is 24.2 Å². The van der Waals surface area contributed by atoms with E-state index in [1.165, 1.54) is 24.0 Å². The maximum atomic E-state index is 5.85. The maximum absolute atomic E-state index is 5.85. The van der Waals surface area contributed by atoms with Crippen LogP contribution in [0.2, 0.25) is 0 Å². The fourth-order valence-electron chi connectivity index (χ4n) is 1.78. The Morgan fingerprint density at radius 3 is 2.79 bits per heavy atom. The highest BCUT2D eigenvalue weighted by Crippen LogP contribution is 2.26. The van der Waals surface area contributed by atoms with Crippen molar-refractivity contribution < 1.29 is 9.47 Å². The summed E-state index contributed by atoms with van der Waals surface area (Å²) in [7, 11) is 1.68. The van der Waals surface area contributed by atoms with Crippen LogP contribution in [0, 0.1) is 0 Å². The van der Waals surface area contributed by atoms with Crippen molar-refractivity contribution in [3.63, 3.8) is 0 Å². The lowest BCUT2D eigenvalue weighted by Gasteiger charge is -2.12. The molecule has 104 valence electrons. The van der Waals surface area contributed by atoms with Gasteiger partial charge in [0.25, 0.3) is 0 Å². The zero-order chi connectivity index (χ0) is 13.7. The Kier molecular flexibility index (Phi) is 4.86. The van der Waals surface area contributed by atoms with Crippen LogP contribution in [-0.2, 0) is 6.54 Å². The van der Waals surface area contributed by atoms with Gasteiger partial charge in [-0.05, 0) is 38.8 Å². The van der Waals surface area contributed by atoms with Gasteiger partial charge in [0.15, 0.2) is 0 Å². The van der Waals surface area contributed by atoms with Gasteiger partial charge in [-0.25, -0.2) is 0 Å². The van der Waals surface area contributed by atoms with E-state index in [1.807, 2.05) is 12.1 Å². The van der Waals surface area contributed by atoms with Crippen LogP contribution in [0.4, 0.5) is 0 Å². The molecule has 0 heterocycles. The van der Waals surface area contributed by atoms with Crippen molar-refractivity contribution in [3.8, 4) is 11.5 Å². The molecular weight excluding hydrogens is 238 g/mol. The first-order valence-electron chi connectivity index (χ1n) is 6.85. The van der Waals surface area contributed by atoms with Gasteiger partial charge in [-0.15, -0.1) is 0 Å². The topological polar surface area (TPSA) is 30.5 Å². The molecule has 1 aromatic carbocycles. The Morgan fingerprint density at radius 1 is 1.37 bits per heavy atom. The van der Waals surface area contributed by atoms with Gasteiger partial charge < -0.3 is 14.8 Å². The molecule has 1 N–H and O–H groups in total. The minimum Gasteiger partial charge on any atom is -0.497 e. The molecule has 0 bridgehead atoms. The molecule has 1 fully saturated rings. The summed E-state index contributed by atoms with van der Waals surface area (Å²) in [6.07, 6.45) is 4.67. The molecule has 0 aliphatic heterocycles. The van der Waals surface area contributed by atoms with Crippen LogP contribution in [0.25, 0.3) is 0 Å². The lowest BCUT2D eigenvalue weighted by Crippen LogP contribution is -2.16. The number of hydrogen-bond donors (Lipinski definition) is 1. The summed E-state index contributed by atoms with van der Waals surface area (Å²) in [5, 5.41) is 3.51. The molecule has 0 unspecified atom stereocenters. The van der Waals surface area contributed by atoms with Gasteiger partial charge >= 0.3 is 0 Å². The number of methoxy groups -OCH3 is 1. The molecule has 0 spiro atoms. The third-order valence-electron chi connectivity index (χ3n) is 3.16. The summed E-state index contributed by atoms with van der Waals surface area (Å²) >= 11 is 0. The molecular formula is C16H23NO2. The number of allylic oxidation sites excluding steroid dienone is 1. The first kappa shape index (κ1) is 13.9. The zero-order valence-corrected chi connectivity index (χ0v) is 12.0. The van der Waals surface area contributed by atoms with Crippen LogP contribution in [0.1, 0.15) is 32.3 Å². The van der Waals surface area contributed by atoms with E-state index >= 15 is 0 Å². The van der Waals surface area contributed by atoms with Gasteiger partial charge in [-0.3, -0.25) is 0 Å². The quantitative estimate of drug-likeness (QED) is 0.764. The van der Waals surface area contributed by atoms with Crippen LogP contribution in [0.3, 0.4) is 0 Å². The van der Waals surface area contributed by atoms with Crippen molar-refractivity contribution in [3.05, 3.63) is 35.4 Å². The molecule has 1 aliphatic carbocycles. The average Bonchev–Trinajstić information content (AvgIpc) is 3.20. The van der Waals surface area contributed by atoms with Gasteiger partial charge in [0.1, 0.15) is 18.1 Å². The third-order valence-corrected chi connectivity index (χ3v) is 3.16. The average molecular weight is 261 g/mol. The number of nitrogens with one attached hydrogen (secondary N) is 1. The summed E-state index contributed by atoms with van der Waals surface area (Å²) in [6.45, 7) is 5.61. The second kappa shape index (κ2) is 6.62. The minimum absolute atomic E-state index is 0.603. The van der Waals surface area contributed by atoms with Gasteiger partial charge in [0.2, 0.25) is 0 Å². The fourth-order valence-corrected chi connectivity index (χ4v) is 1.78. The molecule has 0 radical (unpaired) electrons. The molecule has 0 aromatic heterocycles. The largest absolute Gasteiger partial charge is 0.497 e. The standard InChI is InChI=1S/C16H23NO2/c1-12(2)8-9-19-16-10-15(18-3)7-4-13(16)11-17-14-5-6-14/h4,7-8,10,14,17H,5-6,9,11H2,1-3H3. The first-order valence-corrected chi connectivity index (χ1v) is 6.85. The van der Waals surface area contributed by atoms with Crippen LogP contribution < -0.4 is 14.8 Å². The maximum Gasteiger partial charge on any atom is 0.127 e. The van der Waals surface area contributed by atoms with E-state index in [0.29, 0.717) is 12.6 Å². The molecule has 1 aliphatic rings. The Balaban J connectivity index is 2.03. The summed E-state index contributed by atoms with van der Waals surface area (Å²) in [5.74, 6) is 1.74. The fraction of sp³-hybridized carbons (Fsp3) is 0.500. The Labute approximate surface area is 115 Å². The first-order chi connectivity index (χ1) is 9.19. The van der Waals surface area contributed by atoms with Gasteiger partial charge in [0.05, 0.1) is 7.11 Å². The number of hydrogen-bond acceptors (Lipinski definition) is 3. The number of ether oxygens (including phenoxy) is 2. The van der Waals surface area contributed by atoms with Gasteiger partial charge in [-0.1, -0.05) is 11.6 Å². The second-order valence-electron chi connectivity index (χ2n) is 5.22. The molecule has 1 saturated carbocycles. The lowest BCUT2D eigenvalue weighted by molar-refractivity contribution is 0.351. The normalized spacial score (nSPS) is 14.1. The van der Waals surface area contributed by atoms with Crippen molar-refractivity contribution in [2.24, 2.45) is 0 Å². The van der Waals surface area contributed by atoms with Crippen LogP contribution in [-0.4, -0.2) is 19.8 Å². The van der Waals surface area contributed by atoms with E-state index < -0.39 is 0 Å². The molecule has 19 heavy (non-hydrogen) atoms.